The van der Waals surface area contributed by atoms with E-state index < -0.39 is 11.3 Å². The number of nitriles is 1. The first-order valence-corrected chi connectivity index (χ1v) is 7.76. The monoisotopic (exact) mass is 321 g/mol. The molecule has 1 spiro atoms. The van der Waals surface area contributed by atoms with Crippen LogP contribution in [0.2, 0.25) is 0 Å². The summed E-state index contributed by atoms with van der Waals surface area (Å²) in [5.41, 5.74) is 5.87. The normalized spacial score (nSPS) is 28.2. The highest BCUT2D eigenvalue weighted by molar-refractivity contribution is 6.19. The maximum Gasteiger partial charge on any atom is 0.245 e. The summed E-state index contributed by atoms with van der Waals surface area (Å²) in [6.45, 7) is 1.94. The fraction of sp³-hybridized carbons (Fsp3) is 0.278. The van der Waals surface area contributed by atoms with Crippen molar-refractivity contribution in [1.82, 2.24) is 0 Å². The SMILES string of the molecule is C[C@H]1CC(=O)C2=C(C1)OC(N)=C(C#N)[C@@]21C(=O)Nc2ccccc21. The number of ketones is 1. The van der Waals surface area contributed by atoms with E-state index in [1.807, 2.05) is 13.0 Å². The molecule has 0 aromatic heterocycles. The van der Waals surface area contributed by atoms with E-state index in [-0.39, 0.29) is 28.7 Å². The minimum atomic E-state index is -1.50. The number of ether oxygens (including phenoxy) is 1. The van der Waals surface area contributed by atoms with Gasteiger partial charge in [0.15, 0.2) is 5.78 Å². The smallest absolute Gasteiger partial charge is 0.245 e. The van der Waals surface area contributed by atoms with Gasteiger partial charge >= 0.3 is 0 Å². The molecule has 0 unspecified atom stereocenters. The van der Waals surface area contributed by atoms with Gasteiger partial charge in [0.25, 0.3) is 0 Å². The molecule has 0 saturated carbocycles. The lowest BCUT2D eigenvalue weighted by Gasteiger charge is -2.38. The highest BCUT2D eigenvalue weighted by Crippen LogP contribution is 2.54. The molecule has 1 aliphatic carbocycles. The van der Waals surface area contributed by atoms with Crippen molar-refractivity contribution >= 4 is 17.4 Å². The van der Waals surface area contributed by atoms with E-state index >= 15 is 0 Å². The molecule has 2 atom stereocenters. The Morgan fingerprint density at radius 1 is 1.33 bits per heavy atom. The fourth-order valence-corrected chi connectivity index (χ4v) is 3.96. The first kappa shape index (κ1) is 14.5. The number of carbonyl (C=O) groups excluding carboxylic acids is 2. The second kappa shape index (κ2) is 4.71. The quantitative estimate of drug-likeness (QED) is 0.758. The van der Waals surface area contributed by atoms with Gasteiger partial charge in [-0.2, -0.15) is 5.26 Å². The fourth-order valence-electron chi connectivity index (χ4n) is 3.96. The summed E-state index contributed by atoms with van der Waals surface area (Å²) in [7, 11) is 0. The Labute approximate surface area is 138 Å². The second-order valence-corrected chi connectivity index (χ2v) is 6.44. The van der Waals surface area contributed by atoms with Gasteiger partial charge < -0.3 is 15.8 Å². The average molecular weight is 321 g/mol. The molecule has 0 radical (unpaired) electrons. The lowest BCUT2D eigenvalue weighted by Crippen LogP contribution is -2.47. The van der Waals surface area contributed by atoms with Gasteiger partial charge in [0.1, 0.15) is 22.8 Å². The molecule has 6 heteroatoms. The maximum atomic E-state index is 13.0. The Morgan fingerprint density at radius 3 is 2.83 bits per heavy atom. The van der Waals surface area contributed by atoms with Crippen molar-refractivity contribution in [2.45, 2.75) is 25.2 Å². The van der Waals surface area contributed by atoms with Crippen LogP contribution in [0.25, 0.3) is 0 Å². The summed E-state index contributed by atoms with van der Waals surface area (Å²) < 4.78 is 5.60. The van der Waals surface area contributed by atoms with E-state index in [0.29, 0.717) is 29.9 Å². The van der Waals surface area contributed by atoms with Crippen LogP contribution in [0.15, 0.2) is 47.1 Å². The van der Waals surface area contributed by atoms with Crippen molar-refractivity contribution in [1.29, 1.82) is 5.26 Å². The standard InChI is InChI=1S/C18H15N3O3/c1-9-6-13(22)15-14(7-9)24-16(20)11(8-19)18(15)10-4-2-3-5-12(10)21-17(18)23/h2-5,9H,6-7,20H2,1H3,(H,21,23)/t9-,18+/m0/s1. The van der Waals surface area contributed by atoms with Crippen molar-refractivity contribution in [3.05, 3.63) is 52.6 Å². The molecule has 3 N–H and O–H groups in total. The molecule has 0 bridgehead atoms. The summed E-state index contributed by atoms with van der Waals surface area (Å²) in [6, 6.07) is 9.07. The van der Waals surface area contributed by atoms with Crippen molar-refractivity contribution in [3.63, 3.8) is 0 Å². The third kappa shape index (κ3) is 1.59. The summed E-state index contributed by atoms with van der Waals surface area (Å²) in [5, 5.41) is 12.5. The van der Waals surface area contributed by atoms with E-state index in [0.717, 1.165) is 0 Å². The lowest BCUT2D eigenvalue weighted by atomic mass is 9.64. The van der Waals surface area contributed by atoms with E-state index in [1.54, 1.807) is 24.3 Å². The van der Waals surface area contributed by atoms with Gasteiger partial charge in [-0.05, 0) is 12.0 Å². The first-order chi connectivity index (χ1) is 11.5. The minimum Gasteiger partial charge on any atom is -0.444 e. The van der Waals surface area contributed by atoms with E-state index in [4.69, 9.17) is 10.5 Å². The van der Waals surface area contributed by atoms with Crippen LogP contribution in [0.5, 0.6) is 0 Å². The number of nitrogens with one attached hydrogen (secondary N) is 1. The molecule has 4 rings (SSSR count). The van der Waals surface area contributed by atoms with Crippen LogP contribution in [0.1, 0.15) is 25.3 Å². The number of amides is 1. The Bertz CT molecular complexity index is 906. The number of allylic oxidation sites excluding steroid dienone is 1. The van der Waals surface area contributed by atoms with Crippen LogP contribution in [0.4, 0.5) is 5.69 Å². The molecule has 24 heavy (non-hydrogen) atoms. The van der Waals surface area contributed by atoms with Gasteiger partial charge in [0, 0.05) is 24.1 Å². The van der Waals surface area contributed by atoms with Gasteiger partial charge in [-0.15, -0.1) is 0 Å². The molecule has 120 valence electrons. The van der Waals surface area contributed by atoms with Crippen molar-refractivity contribution in [2.75, 3.05) is 5.32 Å². The molecular weight excluding hydrogens is 306 g/mol. The highest BCUT2D eigenvalue weighted by atomic mass is 16.5. The van der Waals surface area contributed by atoms with Crippen LogP contribution < -0.4 is 11.1 Å². The van der Waals surface area contributed by atoms with Gasteiger partial charge in [0.2, 0.25) is 11.8 Å². The lowest BCUT2D eigenvalue weighted by molar-refractivity contribution is -0.123. The summed E-state index contributed by atoms with van der Waals surface area (Å²) >= 11 is 0. The molecule has 1 aromatic rings. The molecule has 1 aromatic carbocycles. The van der Waals surface area contributed by atoms with Crippen molar-refractivity contribution in [3.8, 4) is 6.07 Å². The van der Waals surface area contributed by atoms with Crippen LogP contribution >= 0.6 is 0 Å². The number of fused-ring (bicyclic) bond motifs is 3. The van der Waals surface area contributed by atoms with Gasteiger partial charge in [0.05, 0.1) is 5.57 Å². The third-order valence-electron chi connectivity index (χ3n) is 4.89. The number of nitrogens with zero attached hydrogens (tertiary/aromatic N) is 1. The highest BCUT2D eigenvalue weighted by Gasteiger charge is 2.60. The largest absolute Gasteiger partial charge is 0.444 e. The number of nitrogens with two attached hydrogens (primary N) is 1. The Balaban J connectivity index is 2.10. The van der Waals surface area contributed by atoms with Crippen LogP contribution in [-0.2, 0) is 19.7 Å². The maximum absolute atomic E-state index is 13.0. The predicted molar refractivity (Wildman–Crippen MR) is 85.1 cm³/mol. The number of anilines is 1. The molecule has 0 fully saturated rings. The Hall–Kier alpha value is -3.07. The number of para-hydroxylation sites is 1. The minimum absolute atomic E-state index is 0.0217. The van der Waals surface area contributed by atoms with Gasteiger partial charge in [-0.3, -0.25) is 9.59 Å². The number of Topliss-reactive ketones (excluding diaryl/α,β-unsaturated/α-hetero) is 1. The molecule has 2 aliphatic heterocycles. The topological polar surface area (TPSA) is 105 Å². The Kier molecular flexibility index (Phi) is 2.85. The molecule has 2 heterocycles. The molecule has 6 nitrogen and oxygen atoms in total. The molecule has 1 amide bonds. The first-order valence-electron chi connectivity index (χ1n) is 7.76. The zero-order valence-electron chi connectivity index (χ0n) is 13.1. The Morgan fingerprint density at radius 2 is 2.08 bits per heavy atom. The molecule has 0 saturated heterocycles. The number of benzene rings is 1. The van der Waals surface area contributed by atoms with Crippen LogP contribution in [0, 0.1) is 17.2 Å². The second-order valence-electron chi connectivity index (χ2n) is 6.44. The third-order valence-corrected chi connectivity index (χ3v) is 4.89. The number of carbonyl (C=O) groups is 2. The number of hydrogen-bond donors (Lipinski definition) is 2. The van der Waals surface area contributed by atoms with E-state index in [2.05, 4.69) is 5.32 Å². The molecule has 3 aliphatic rings. The van der Waals surface area contributed by atoms with Crippen molar-refractivity contribution in [2.24, 2.45) is 11.7 Å². The van der Waals surface area contributed by atoms with E-state index in [1.165, 1.54) is 0 Å². The summed E-state index contributed by atoms with van der Waals surface area (Å²) in [4.78, 5) is 25.8. The van der Waals surface area contributed by atoms with Gasteiger partial charge in [-0.1, -0.05) is 25.1 Å². The van der Waals surface area contributed by atoms with E-state index in [9.17, 15) is 14.9 Å². The zero-order chi connectivity index (χ0) is 17.1. The average Bonchev–Trinajstić information content (AvgIpc) is 2.80. The van der Waals surface area contributed by atoms with Crippen LogP contribution in [-0.4, -0.2) is 11.7 Å². The van der Waals surface area contributed by atoms with Gasteiger partial charge in [-0.25, -0.2) is 0 Å². The van der Waals surface area contributed by atoms with Crippen LogP contribution in [0.3, 0.4) is 0 Å². The van der Waals surface area contributed by atoms with Crippen molar-refractivity contribution < 1.29 is 14.3 Å². The molecular formula is C18H15N3O3. The predicted octanol–water partition coefficient (Wildman–Crippen LogP) is 1.85. The summed E-state index contributed by atoms with van der Waals surface area (Å²) in [6.07, 6.45) is 0.829. The number of rotatable bonds is 0. The zero-order valence-corrected chi connectivity index (χ0v) is 13.1. The summed E-state index contributed by atoms with van der Waals surface area (Å²) in [5.74, 6) is -0.200. The number of hydrogen-bond acceptors (Lipinski definition) is 5.